The molecular weight excluding hydrogens is 340 g/mol. The lowest BCUT2D eigenvalue weighted by atomic mass is 9.89. The van der Waals surface area contributed by atoms with Gasteiger partial charge in [0.2, 0.25) is 10.0 Å². The molecule has 8 heteroatoms. The summed E-state index contributed by atoms with van der Waals surface area (Å²) < 4.78 is 32.7. The van der Waals surface area contributed by atoms with E-state index in [9.17, 15) is 13.2 Å². The molecule has 0 aromatic rings. The van der Waals surface area contributed by atoms with Crippen LogP contribution in [0.3, 0.4) is 0 Å². The summed E-state index contributed by atoms with van der Waals surface area (Å²) in [5, 5.41) is 2.90. The number of nitrogens with zero attached hydrogens (tertiary/aromatic N) is 1. The Balaban J connectivity index is 0.00000192. The minimum absolute atomic E-state index is 0. The van der Waals surface area contributed by atoms with E-state index in [1.54, 1.807) is 4.31 Å². The SMILES string of the molecule is COC(=O)C1CCCCC1S(=O)(=O)N1CCC2CCC(C1)N2.Cl. The molecule has 3 aliphatic rings. The maximum Gasteiger partial charge on any atom is 0.310 e. The first-order valence-corrected chi connectivity index (χ1v) is 9.85. The maximum absolute atomic E-state index is 13.1. The number of nitrogens with one attached hydrogen (secondary N) is 1. The molecule has 23 heavy (non-hydrogen) atoms. The number of carbonyl (C=O) groups is 1. The molecule has 3 rings (SSSR count). The van der Waals surface area contributed by atoms with Crippen molar-refractivity contribution >= 4 is 28.4 Å². The van der Waals surface area contributed by atoms with Gasteiger partial charge in [0.15, 0.2) is 0 Å². The molecular formula is C15H27ClN2O4S. The highest BCUT2D eigenvalue weighted by atomic mass is 35.5. The van der Waals surface area contributed by atoms with Crippen molar-refractivity contribution in [3.8, 4) is 0 Å². The fourth-order valence-corrected chi connectivity index (χ4v) is 6.47. The molecule has 0 amide bonds. The molecule has 6 nitrogen and oxygen atoms in total. The Kier molecular flexibility index (Phi) is 6.33. The third-order valence-electron chi connectivity index (χ3n) is 5.43. The third-order valence-corrected chi connectivity index (χ3v) is 7.82. The summed E-state index contributed by atoms with van der Waals surface area (Å²) >= 11 is 0. The largest absolute Gasteiger partial charge is 0.469 e. The smallest absolute Gasteiger partial charge is 0.310 e. The maximum atomic E-state index is 13.1. The van der Waals surface area contributed by atoms with E-state index in [1.807, 2.05) is 0 Å². The van der Waals surface area contributed by atoms with Gasteiger partial charge in [-0.1, -0.05) is 12.8 Å². The molecule has 1 aliphatic carbocycles. The van der Waals surface area contributed by atoms with Gasteiger partial charge in [-0.25, -0.2) is 12.7 Å². The van der Waals surface area contributed by atoms with Crippen LogP contribution < -0.4 is 5.32 Å². The van der Waals surface area contributed by atoms with Gasteiger partial charge in [0, 0.05) is 25.2 Å². The molecule has 0 spiro atoms. The summed E-state index contributed by atoms with van der Waals surface area (Å²) in [5.74, 6) is -0.875. The average Bonchev–Trinajstić information content (AvgIpc) is 2.85. The molecule has 2 saturated heterocycles. The fourth-order valence-electron chi connectivity index (χ4n) is 4.21. The minimum Gasteiger partial charge on any atom is -0.469 e. The second kappa shape index (κ2) is 7.68. The first-order valence-electron chi connectivity index (χ1n) is 8.35. The highest BCUT2D eigenvalue weighted by Gasteiger charge is 2.44. The number of methoxy groups -OCH3 is 1. The van der Waals surface area contributed by atoms with Gasteiger partial charge in [-0.15, -0.1) is 12.4 Å². The number of sulfonamides is 1. The monoisotopic (exact) mass is 366 g/mol. The van der Waals surface area contributed by atoms with E-state index in [0.717, 1.165) is 32.1 Å². The summed E-state index contributed by atoms with van der Waals surface area (Å²) in [6.45, 7) is 1.12. The fraction of sp³-hybridized carbons (Fsp3) is 0.933. The first kappa shape index (κ1) is 19.0. The molecule has 2 heterocycles. The number of rotatable bonds is 3. The second-order valence-corrected chi connectivity index (χ2v) is 8.93. The van der Waals surface area contributed by atoms with Crippen molar-refractivity contribution in [2.75, 3.05) is 20.2 Å². The molecule has 2 aliphatic heterocycles. The van der Waals surface area contributed by atoms with Crippen molar-refractivity contribution in [1.29, 1.82) is 0 Å². The average molecular weight is 367 g/mol. The van der Waals surface area contributed by atoms with E-state index < -0.39 is 21.2 Å². The van der Waals surface area contributed by atoms with E-state index in [2.05, 4.69) is 5.32 Å². The van der Waals surface area contributed by atoms with Crippen molar-refractivity contribution in [3.05, 3.63) is 0 Å². The molecule has 4 atom stereocenters. The second-order valence-electron chi connectivity index (χ2n) is 6.78. The van der Waals surface area contributed by atoms with Crippen molar-refractivity contribution in [2.24, 2.45) is 5.92 Å². The van der Waals surface area contributed by atoms with Crippen molar-refractivity contribution < 1.29 is 17.9 Å². The van der Waals surface area contributed by atoms with Crippen molar-refractivity contribution in [3.63, 3.8) is 0 Å². The van der Waals surface area contributed by atoms with Crippen LogP contribution >= 0.6 is 12.4 Å². The first-order chi connectivity index (χ1) is 10.5. The quantitative estimate of drug-likeness (QED) is 0.762. The zero-order valence-corrected chi connectivity index (χ0v) is 15.2. The Morgan fingerprint density at radius 2 is 1.78 bits per heavy atom. The molecule has 1 saturated carbocycles. The van der Waals surface area contributed by atoms with E-state index in [-0.39, 0.29) is 24.4 Å². The predicted molar refractivity (Wildman–Crippen MR) is 90.1 cm³/mol. The van der Waals surface area contributed by atoms with Gasteiger partial charge < -0.3 is 10.1 Å². The van der Waals surface area contributed by atoms with E-state index in [4.69, 9.17) is 4.74 Å². The van der Waals surface area contributed by atoms with Gasteiger partial charge in [-0.05, 0) is 32.1 Å². The van der Waals surface area contributed by atoms with Crippen molar-refractivity contribution in [1.82, 2.24) is 9.62 Å². The summed E-state index contributed by atoms with van der Waals surface area (Å²) in [4.78, 5) is 12.0. The summed E-state index contributed by atoms with van der Waals surface area (Å²) in [6, 6.07) is 0.718. The zero-order chi connectivity index (χ0) is 15.7. The summed E-state index contributed by atoms with van der Waals surface area (Å²) in [6.07, 6.45) is 6.02. The summed E-state index contributed by atoms with van der Waals surface area (Å²) in [7, 11) is -2.10. The van der Waals surface area contributed by atoms with Gasteiger partial charge in [0.25, 0.3) is 0 Å². The van der Waals surface area contributed by atoms with E-state index in [1.165, 1.54) is 7.11 Å². The number of hydrogen-bond acceptors (Lipinski definition) is 5. The van der Waals surface area contributed by atoms with Crippen LogP contribution in [0.25, 0.3) is 0 Å². The molecule has 0 radical (unpaired) electrons. The molecule has 1 N–H and O–H groups in total. The zero-order valence-electron chi connectivity index (χ0n) is 13.6. The Morgan fingerprint density at radius 3 is 2.52 bits per heavy atom. The Bertz CT molecular complexity index is 528. The van der Waals surface area contributed by atoms with Crippen molar-refractivity contribution in [2.45, 2.75) is 62.3 Å². The van der Waals surface area contributed by atoms with Gasteiger partial charge in [0.1, 0.15) is 0 Å². The van der Waals surface area contributed by atoms with Gasteiger partial charge in [-0.2, -0.15) is 0 Å². The number of esters is 1. The highest BCUT2D eigenvalue weighted by molar-refractivity contribution is 7.89. The summed E-state index contributed by atoms with van der Waals surface area (Å²) in [5.41, 5.74) is 0. The lowest BCUT2D eigenvalue weighted by molar-refractivity contribution is -0.146. The van der Waals surface area contributed by atoms with Gasteiger partial charge in [0.05, 0.1) is 18.3 Å². The van der Waals surface area contributed by atoms with Crippen LogP contribution in [-0.4, -0.2) is 56.2 Å². The lowest BCUT2D eigenvalue weighted by Crippen LogP contribution is -2.48. The minimum atomic E-state index is -3.44. The Labute approximate surface area is 144 Å². The topological polar surface area (TPSA) is 75.7 Å². The van der Waals surface area contributed by atoms with Crippen LogP contribution in [0.5, 0.6) is 0 Å². The van der Waals surface area contributed by atoms with Gasteiger partial charge >= 0.3 is 5.97 Å². The molecule has 0 aromatic carbocycles. The number of fused-ring (bicyclic) bond motifs is 2. The Morgan fingerprint density at radius 1 is 1.09 bits per heavy atom. The van der Waals surface area contributed by atoms with Crippen LogP contribution in [0.1, 0.15) is 44.9 Å². The van der Waals surface area contributed by atoms with Crippen LogP contribution in [0.15, 0.2) is 0 Å². The standard InChI is InChI=1S/C15H26N2O4S.ClH/c1-21-15(18)13-4-2-3-5-14(13)22(19,20)17-9-8-11-6-7-12(10-17)16-11;/h11-14,16H,2-10H2,1H3;1H. The number of halogens is 1. The molecule has 0 aromatic heterocycles. The van der Waals surface area contributed by atoms with Crippen LogP contribution in [0.2, 0.25) is 0 Å². The molecule has 3 fully saturated rings. The van der Waals surface area contributed by atoms with Gasteiger partial charge in [-0.3, -0.25) is 4.79 Å². The molecule has 134 valence electrons. The van der Waals surface area contributed by atoms with E-state index >= 15 is 0 Å². The number of hydrogen-bond donors (Lipinski definition) is 1. The normalized spacial score (nSPS) is 35.2. The predicted octanol–water partition coefficient (Wildman–Crippen LogP) is 1.30. The highest BCUT2D eigenvalue weighted by Crippen LogP contribution is 2.33. The Hall–Kier alpha value is -0.370. The molecule has 4 unspecified atom stereocenters. The van der Waals surface area contributed by atoms with E-state index in [0.29, 0.717) is 32.0 Å². The lowest BCUT2D eigenvalue weighted by Gasteiger charge is -2.34. The van der Waals surface area contributed by atoms with Crippen LogP contribution in [-0.2, 0) is 19.6 Å². The molecule has 2 bridgehead atoms. The van der Waals surface area contributed by atoms with Crippen LogP contribution in [0.4, 0.5) is 0 Å². The van der Waals surface area contributed by atoms with Crippen LogP contribution in [0, 0.1) is 5.92 Å². The third kappa shape index (κ3) is 3.83. The number of carbonyl (C=O) groups excluding carboxylic acids is 1. The number of ether oxygens (including phenoxy) is 1.